The summed E-state index contributed by atoms with van der Waals surface area (Å²) in [6, 6.07) is 0. The quantitative estimate of drug-likeness (QED) is 0.467. The van der Waals surface area contributed by atoms with Crippen molar-refractivity contribution >= 4 is 5.97 Å². The molecule has 1 saturated carbocycles. The average Bonchev–Trinajstić information content (AvgIpc) is 2.80. The Morgan fingerprint density at radius 2 is 2.21 bits per heavy atom. The van der Waals surface area contributed by atoms with E-state index in [9.17, 15) is 4.79 Å². The number of cyclic esters (lactones) is 1. The summed E-state index contributed by atoms with van der Waals surface area (Å²) in [5.74, 6) is 0.392. The van der Waals surface area contributed by atoms with Gasteiger partial charge in [0, 0.05) is 20.0 Å². The van der Waals surface area contributed by atoms with Gasteiger partial charge in [0.05, 0.1) is 5.92 Å². The predicted octanol–water partition coefficient (Wildman–Crippen LogP) is 1.34. The third kappa shape index (κ3) is 0.793. The minimum atomic E-state index is -0.689. The molecule has 0 aromatic rings. The van der Waals surface area contributed by atoms with E-state index in [1.165, 1.54) is 0 Å². The molecule has 2 bridgehead atoms. The lowest BCUT2D eigenvalue weighted by molar-refractivity contribution is -0.209. The third-order valence-electron chi connectivity index (χ3n) is 4.05. The fourth-order valence-electron chi connectivity index (χ4n) is 3.37. The molecule has 2 aliphatic carbocycles. The molecule has 0 amide bonds. The minimum Gasteiger partial charge on any atom is -0.433 e. The Labute approximate surface area is 83.1 Å². The van der Waals surface area contributed by atoms with Gasteiger partial charge in [0.25, 0.3) is 0 Å². The van der Waals surface area contributed by atoms with Crippen molar-refractivity contribution in [1.82, 2.24) is 0 Å². The molecule has 76 valence electrons. The maximum Gasteiger partial charge on any atom is 0.312 e. The molecule has 0 aromatic heterocycles. The first-order chi connectivity index (χ1) is 6.65. The van der Waals surface area contributed by atoms with Gasteiger partial charge in [0.1, 0.15) is 0 Å². The lowest BCUT2D eigenvalue weighted by atomic mass is 9.80. The second-order valence-corrected chi connectivity index (χ2v) is 4.64. The number of ether oxygens (including phenoxy) is 2. The van der Waals surface area contributed by atoms with Gasteiger partial charge in [-0.2, -0.15) is 0 Å². The van der Waals surface area contributed by atoms with Crippen molar-refractivity contribution in [3.8, 4) is 0 Å². The molecule has 3 aliphatic rings. The van der Waals surface area contributed by atoms with E-state index in [-0.39, 0.29) is 17.8 Å². The third-order valence-corrected chi connectivity index (χ3v) is 4.05. The summed E-state index contributed by atoms with van der Waals surface area (Å²) in [6.45, 7) is 1.88. The molecular formula is C11H14O3. The summed E-state index contributed by atoms with van der Waals surface area (Å²) in [5.41, 5.74) is 0. The van der Waals surface area contributed by atoms with Crippen LogP contribution in [0, 0.1) is 23.7 Å². The molecule has 14 heavy (non-hydrogen) atoms. The van der Waals surface area contributed by atoms with Gasteiger partial charge in [0.2, 0.25) is 5.79 Å². The summed E-state index contributed by atoms with van der Waals surface area (Å²) in [7, 11) is 1.62. The molecule has 3 rings (SSSR count). The zero-order valence-corrected chi connectivity index (χ0v) is 8.40. The first-order valence-electron chi connectivity index (χ1n) is 5.12. The second kappa shape index (κ2) is 2.40. The van der Waals surface area contributed by atoms with Gasteiger partial charge in [0.15, 0.2) is 0 Å². The highest BCUT2D eigenvalue weighted by Gasteiger charge is 2.63. The molecule has 1 aliphatic heterocycles. The van der Waals surface area contributed by atoms with Crippen LogP contribution in [0.25, 0.3) is 0 Å². The van der Waals surface area contributed by atoms with E-state index >= 15 is 0 Å². The fraction of sp³-hybridized carbons (Fsp3) is 0.727. The summed E-state index contributed by atoms with van der Waals surface area (Å²) in [4.78, 5) is 11.7. The van der Waals surface area contributed by atoms with Crippen LogP contribution in [0.1, 0.15) is 13.3 Å². The minimum absolute atomic E-state index is 0.0509. The first kappa shape index (κ1) is 8.48. The Balaban J connectivity index is 2.03. The van der Waals surface area contributed by atoms with Crippen LogP contribution in [0.4, 0.5) is 0 Å². The van der Waals surface area contributed by atoms with Crippen molar-refractivity contribution in [2.24, 2.45) is 23.7 Å². The summed E-state index contributed by atoms with van der Waals surface area (Å²) in [5, 5.41) is 0. The van der Waals surface area contributed by atoms with Gasteiger partial charge in [-0.15, -0.1) is 0 Å². The van der Waals surface area contributed by atoms with Crippen LogP contribution < -0.4 is 0 Å². The molecule has 0 N–H and O–H groups in total. The van der Waals surface area contributed by atoms with Crippen molar-refractivity contribution in [2.75, 3.05) is 7.11 Å². The van der Waals surface area contributed by atoms with Gasteiger partial charge in [-0.3, -0.25) is 4.79 Å². The van der Waals surface area contributed by atoms with Crippen molar-refractivity contribution in [3.05, 3.63) is 12.2 Å². The van der Waals surface area contributed by atoms with Gasteiger partial charge in [-0.05, 0) is 18.3 Å². The van der Waals surface area contributed by atoms with Gasteiger partial charge in [-0.25, -0.2) is 0 Å². The van der Waals surface area contributed by atoms with Gasteiger partial charge < -0.3 is 9.47 Å². The predicted molar refractivity (Wildman–Crippen MR) is 49.2 cm³/mol. The van der Waals surface area contributed by atoms with Gasteiger partial charge >= 0.3 is 5.97 Å². The number of fused-ring (bicyclic) bond motifs is 5. The molecule has 1 saturated heterocycles. The van der Waals surface area contributed by atoms with E-state index in [1.54, 1.807) is 7.11 Å². The Kier molecular flexibility index (Phi) is 1.45. The van der Waals surface area contributed by atoms with E-state index in [4.69, 9.17) is 9.47 Å². The second-order valence-electron chi connectivity index (χ2n) is 4.64. The summed E-state index contributed by atoms with van der Waals surface area (Å²) in [6.07, 6.45) is 5.48. The molecule has 0 spiro atoms. The Hall–Kier alpha value is -0.830. The smallest absolute Gasteiger partial charge is 0.312 e. The molecule has 3 nitrogen and oxygen atoms in total. The maximum atomic E-state index is 11.7. The maximum absolute atomic E-state index is 11.7. The normalized spacial score (nSPS) is 53.7. The van der Waals surface area contributed by atoms with Crippen LogP contribution >= 0.6 is 0 Å². The largest absolute Gasteiger partial charge is 0.433 e. The molecule has 0 aromatic carbocycles. The van der Waals surface area contributed by atoms with Crippen LogP contribution in [0.2, 0.25) is 0 Å². The number of hydrogen-bond donors (Lipinski definition) is 0. The number of hydrogen-bond acceptors (Lipinski definition) is 3. The summed E-state index contributed by atoms with van der Waals surface area (Å²) < 4.78 is 10.7. The van der Waals surface area contributed by atoms with Gasteiger partial charge in [-0.1, -0.05) is 12.2 Å². The van der Waals surface area contributed by atoms with Crippen molar-refractivity contribution in [3.63, 3.8) is 0 Å². The lowest BCUT2D eigenvalue weighted by Crippen LogP contribution is -2.37. The first-order valence-corrected chi connectivity index (χ1v) is 5.12. The van der Waals surface area contributed by atoms with E-state index < -0.39 is 5.79 Å². The standard InChI is InChI=1S/C11H14O3/c1-11(13-2)9-7-4-3-6(5-7)8(9)10(12)14-11/h3-4,6-9H,5H2,1-2H3/t6-,7+,8-,9+,11+/m1/s1. The molecular weight excluding hydrogens is 180 g/mol. The van der Waals surface area contributed by atoms with Crippen molar-refractivity contribution in [2.45, 2.75) is 19.1 Å². The zero-order chi connectivity index (χ0) is 9.92. The number of carbonyl (C=O) groups is 1. The Morgan fingerprint density at radius 1 is 1.50 bits per heavy atom. The van der Waals surface area contributed by atoms with Crippen molar-refractivity contribution < 1.29 is 14.3 Å². The van der Waals surface area contributed by atoms with Crippen LogP contribution in [-0.4, -0.2) is 18.9 Å². The SMILES string of the molecule is CO[C@@]1(C)OC(=O)[C@H]2[C@@H]1[C@H]1C=C[C@@H]2C1. The van der Waals surface area contributed by atoms with E-state index in [1.807, 2.05) is 6.92 Å². The number of esters is 1. The Bertz CT molecular complexity index is 322. The summed E-state index contributed by atoms with van der Waals surface area (Å²) >= 11 is 0. The zero-order valence-electron chi connectivity index (χ0n) is 8.40. The van der Waals surface area contributed by atoms with Crippen LogP contribution in [0.15, 0.2) is 12.2 Å². The number of rotatable bonds is 1. The number of allylic oxidation sites excluding steroid dienone is 2. The average molecular weight is 194 g/mol. The number of methoxy groups -OCH3 is 1. The van der Waals surface area contributed by atoms with Crippen LogP contribution in [0.3, 0.4) is 0 Å². The molecule has 0 unspecified atom stereocenters. The molecule has 5 atom stereocenters. The highest BCUT2D eigenvalue weighted by molar-refractivity contribution is 5.77. The van der Waals surface area contributed by atoms with Crippen LogP contribution in [0.5, 0.6) is 0 Å². The molecule has 0 radical (unpaired) electrons. The monoisotopic (exact) mass is 194 g/mol. The fourth-order valence-corrected chi connectivity index (χ4v) is 3.37. The topological polar surface area (TPSA) is 35.5 Å². The van der Waals surface area contributed by atoms with E-state index in [2.05, 4.69) is 12.2 Å². The Morgan fingerprint density at radius 3 is 2.93 bits per heavy atom. The molecule has 2 fully saturated rings. The molecule has 3 heteroatoms. The lowest BCUT2D eigenvalue weighted by Gasteiger charge is -2.30. The van der Waals surface area contributed by atoms with E-state index in [0.29, 0.717) is 11.8 Å². The highest BCUT2D eigenvalue weighted by Crippen LogP contribution is 2.57. The number of carbonyl (C=O) groups excluding carboxylic acids is 1. The van der Waals surface area contributed by atoms with E-state index in [0.717, 1.165) is 6.42 Å². The highest BCUT2D eigenvalue weighted by atomic mass is 16.7. The van der Waals surface area contributed by atoms with Crippen molar-refractivity contribution in [1.29, 1.82) is 0 Å². The van der Waals surface area contributed by atoms with Crippen LogP contribution in [-0.2, 0) is 14.3 Å². The molecule has 1 heterocycles.